The molecule has 4 rings (SSSR count). The minimum Gasteiger partial charge on any atom is -0.351 e. The Labute approximate surface area is 171 Å². The van der Waals surface area contributed by atoms with Gasteiger partial charge in [-0.1, -0.05) is 36.6 Å². The highest BCUT2D eigenvalue weighted by molar-refractivity contribution is 9.10. The average molecular weight is 448 g/mol. The van der Waals surface area contributed by atoms with Crippen molar-refractivity contribution >= 4 is 44.3 Å². The number of carbonyl (C=O) groups excluding carboxylic acids is 1. The van der Waals surface area contributed by atoms with Crippen molar-refractivity contribution in [3.8, 4) is 11.3 Å². The van der Waals surface area contributed by atoms with Crippen LogP contribution in [0, 0.1) is 5.92 Å². The second kappa shape index (κ2) is 7.60. The first-order valence-electron chi connectivity index (χ1n) is 9.09. The molecule has 0 spiro atoms. The van der Waals surface area contributed by atoms with Crippen LogP contribution >= 0.6 is 27.5 Å². The van der Waals surface area contributed by atoms with Gasteiger partial charge in [-0.15, -0.1) is 0 Å². The first-order chi connectivity index (χ1) is 13.0. The van der Waals surface area contributed by atoms with Gasteiger partial charge in [-0.2, -0.15) is 0 Å². The highest BCUT2D eigenvalue weighted by Crippen LogP contribution is 2.35. The summed E-state index contributed by atoms with van der Waals surface area (Å²) < 4.78 is 2.58. The van der Waals surface area contributed by atoms with Crippen LogP contribution in [0.1, 0.15) is 36.2 Å². The molecule has 0 atom stereocenters. The molecule has 27 heavy (non-hydrogen) atoms. The molecule has 0 aliphatic heterocycles. The fourth-order valence-corrected chi connectivity index (χ4v) is 3.86. The number of nitrogens with zero attached hydrogens (tertiary/aromatic N) is 3. The van der Waals surface area contributed by atoms with Crippen LogP contribution in [0.3, 0.4) is 0 Å². The van der Waals surface area contributed by atoms with Gasteiger partial charge < -0.3 is 9.88 Å². The van der Waals surface area contributed by atoms with Crippen LogP contribution in [0.2, 0.25) is 5.15 Å². The first kappa shape index (κ1) is 18.4. The number of carbonyl (C=O) groups is 1. The number of fused-ring (bicyclic) bond motifs is 1. The summed E-state index contributed by atoms with van der Waals surface area (Å²) in [6.07, 6.45) is 6.53. The number of para-hydroxylation sites is 1. The third kappa shape index (κ3) is 3.87. The number of amides is 1. The van der Waals surface area contributed by atoms with Gasteiger partial charge in [0.15, 0.2) is 0 Å². The molecule has 5 nitrogen and oxygen atoms in total. The summed E-state index contributed by atoms with van der Waals surface area (Å²) in [5, 5.41) is 4.41. The number of halogens is 2. The van der Waals surface area contributed by atoms with Crippen LogP contribution in [0.4, 0.5) is 0 Å². The number of imidazole rings is 1. The van der Waals surface area contributed by atoms with Crippen LogP contribution in [0.15, 0.2) is 35.1 Å². The van der Waals surface area contributed by atoms with Crippen LogP contribution in [-0.4, -0.2) is 27.0 Å². The molecule has 1 aromatic carbocycles. The minimum atomic E-state index is -0.170. The Balaban J connectivity index is 1.69. The standard InChI is InChI=1S/C20H20BrClN4O/c1-26-11-24-18(19(26)22)14-10-16(20(27)23-9-3-4-12-7-8-12)25-17-13(14)5-2-6-15(17)21/h2,5-6,10-12H,3-4,7-9H2,1H3,(H,23,27). The van der Waals surface area contributed by atoms with Crippen molar-refractivity contribution in [1.82, 2.24) is 19.9 Å². The highest BCUT2D eigenvalue weighted by Gasteiger charge is 2.21. The van der Waals surface area contributed by atoms with E-state index in [1.165, 1.54) is 19.3 Å². The topological polar surface area (TPSA) is 59.8 Å². The molecule has 1 N–H and O–H groups in total. The van der Waals surface area contributed by atoms with Gasteiger partial charge in [-0.3, -0.25) is 4.79 Å². The monoisotopic (exact) mass is 446 g/mol. The summed E-state index contributed by atoms with van der Waals surface area (Å²) in [5.74, 6) is 0.700. The Morgan fingerprint density at radius 2 is 2.22 bits per heavy atom. The maximum atomic E-state index is 12.7. The molecule has 3 aromatic rings. The molecule has 2 aromatic heterocycles. The summed E-state index contributed by atoms with van der Waals surface area (Å²) in [5.41, 5.74) is 2.54. The van der Waals surface area contributed by atoms with Gasteiger partial charge in [0.1, 0.15) is 16.5 Å². The summed E-state index contributed by atoms with van der Waals surface area (Å²) in [4.78, 5) is 21.7. The van der Waals surface area contributed by atoms with Crippen molar-refractivity contribution in [2.24, 2.45) is 13.0 Å². The SMILES string of the molecule is Cn1cnc(-c2cc(C(=O)NCCCC3CC3)nc3c(Br)cccc23)c1Cl. The number of benzene rings is 1. The zero-order valence-corrected chi connectivity index (χ0v) is 17.3. The normalized spacial score (nSPS) is 13.9. The second-order valence-electron chi connectivity index (χ2n) is 7.03. The number of aryl methyl sites for hydroxylation is 1. The van der Waals surface area contributed by atoms with Crippen molar-refractivity contribution in [3.05, 3.63) is 45.9 Å². The van der Waals surface area contributed by atoms with E-state index in [1.807, 2.05) is 25.2 Å². The van der Waals surface area contributed by atoms with Crippen LogP contribution in [0.5, 0.6) is 0 Å². The van der Waals surface area contributed by atoms with E-state index in [1.54, 1.807) is 17.0 Å². The van der Waals surface area contributed by atoms with E-state index >= 15 is 0 Å². The molecule has 1 aliphatic carbocycles. The van der Waals surface area contributed by atoms with Crippen molar-refractivity contribution in [3.63, 3.8) is 0 Å². The molecular formula is C20H20BrClN4O. The third-order valence-corrected chi connectivity index (χ3v) is 6.00. The maximum absolute atomic E-state index is 12.7. The molecule has 140 valence electrons. The predicted molar refractivity (Wildman–Crippen MR) is 111 cm³/mol. The Morgan fingerprint density at radius 3 is 2.93 bits per heavy atom. The summed E-state index contributed by atoms with van der Waals surface area (Å²) in [6.45, 7) is 0.671. The molecule has 1 fully saturated rings. The van der Waals surface area contributed by atoms with Crippen molar-refractivity contribution < 1.29 is 4.79 Å². The lowest BCUT2D eigenvalue weighted by Crippen LogP contribution is -2.25. The van der Waals surface area contributed by atoms with Crippen LogP contribution in [-0.2, 0) is 7.05 Å². The van der Waals surface area contributed by atoms with E-state index in [0.29, 0.717) is 23.1 Å². The van der Waals surface area contributed by atoms with Gasteiger partial charge >= 0.3 is 0 Å². The Hall–Kier alpha value is -1.92. The number of hydrogen-bond acceptors (Lipinski definition) is 3. The summed E-state index contributed by atoms with van der Waals surface area (Å²) in [7, 11) is 1.84. The molecule has 0 saturated heterocycles. The van der Waals surface area contributed by atoms with Crippen LogP contribution in [0.25, 0.3) is 22.2 Å². The molecule has 2 heterocycles. The second-order valence-corrected chi connectivity index (χ2v) is 8.24. The Bertz CT molecular complexity index is 1010. The van der Waals surface area contributed by atoms with E-state index in [0.717, 1.165) is 33.3 Å². The molecule has 1 aliphatic rings. The molecule has 1 amide bonds. The smallest absolute Gasteiger partial charge is 0.269 e. The predicted octanol–water partition coefficient (Wildman–Crippen LogP) is 4.97. The number of rotatable bonds is 6. The van der Waals surface area contributed by atoms with E-state index in [4.69, 9.17) is 11.6 Å². The first-order valence-corrected chi connectivity index (χ1v) is 10.3. The molecule has 0 unspecified atom stereocenters. The molecular weight excluding hydrogens is 428 g/mol. The molecule has 1 saturated carbocycles. The van der Waals surface area contributed by atoms with E-state index in [9.17, 15) is 4.79 Å². The molecule has 7 heteroatoms. The molecule has 0 radical (unpaired) electrons. The average Bonchev–Trinajstić information content (AvgIpc) is 3.43. The minimum absolute atomic E-state index is 0.170. The number of aromatic nitrogens is 3. The largest absolute Gasteiger partial charge is 0.351 e. The van der Waals surface area contributed by atoms with Gasteiger partial charge in [-0.05, 0) is 46.8 Å². The van der Waals surface area contributed by atoms with Gasteiger partial charge in [-0.25, -0.2) is 9.97 Å². The number of nitrogens with one attached hydrogen (secondary N) is 1. The van der Waals surface area contributed by atoms with Gasteiger partial charge in [0.25, 0.3) is 5.91 Å². The Kier molecular flexibility index (Phi) is 5.19. The van der Waals surface area contributed by atoms with Gasteiger partial charge in [0.05, 0.1) is 11.8 Å². The fraction of sp³-hybridized carbons (Fsp3) is 0.350. The van der Waals surface area contributed by atoms with Crippen molar-refractivity contribution in [2.75, 3.05) is 6.54 Å². The summed E-state index contributed by atoms with van der Waals surface area (Å²) in [6, 6.07) is 7.59. The summed E-state index contributed by atoms with van der Waals surface area (Å²) >= 11 is 9.97. The van der Waals surface area contributed by atoms with Crippen molar-refractivity contribution in [2.45, 2.75) is 25.7 Å². The lowest BCUT2D eigenvalue weighted by molar-refractivity contribution is 0.0948. The van der Waals surface area contributed by atoms with E-state index < -0.39 is 0 Å². The highest BCUT2D eigenvalue weighted by atomic mass is 79.9. The quantitative estimate of drug-likeness (QED) is 0.543. The Morgan fingerprint density at radius 1 is 1.41 bits per heavy atom. The fourth-order valence-electron chi connectivity index (χ4n) is 3.21. The maximum Gasteiger partial charge on any atom is 0.269 e. The zero-order chi connectivity index (χ0) is 19.0. The van der Waals surface area contributed by atoms with Crippen molar-refractivity contribution in [1.29, 1.82) is 0 Å². The number of hydrogen-bond donors (Lipinski definition) is 1. The van der Waals surface area contributed by atoms with Gasteiger partial charge in [0, 0.05) is 29.0 Å². The van der Waals surface area contributed by atoms with Crippen LogP contribution < -0.4 is 5.32 Å². The van der Waals surface area contributed by atoms with E-state index in [2.05, 4.69) is 31.2 Å². The lowest BCUT2D eigenvalue weighted by Gasteiger charge is -2.10. The van der Waals surface area contributed by atoms with Gasteiger partial charge in [0.2, 0.25) is 0 Å². The molecule has 0 bridgehead atoms. The zero-order valence-electron chi connectivity index (χ0n) is 15.0. The van der Waals surface area contributed by atoms with E-state index in [-0.39, 0.29) is 5.91 Å². The lowest BCUT2D eigenvalue weighted by atomic mass is 10.0. The number of pyridine rings is 1. The third-order valence-electron chi connectivity index (χ3n) is 4.91.